The lowest BCUT2D eigenvalue weighted by Gasteiger charge is -2.41. The van der Waals surface area contributed by atoms with E-state index in [0.717, 1.165) is 0 Å². The quantitative estimate of drug-likeness (QED) is 0.137. The standard InChI is InChI=1S/C20H27NO8/c1-5-11(2)27-19(24)15-7-9-21(26)8-6-14(17(15)21)10-16(22)29-20(25)12(3)18(23)28-13(20)4/h5-6,12-13,15,17,25H,7-10H2,1-4H3/b11-5-/t12-,13-,15-,17-,20-,21+/m1/s1. The van der Waals surface area contributed by atoms with E-state index in [0.29, 0.717) is 17.8 Å². The van der Waals surface area contributed by atoms with Crippen LogP contribution >= 0.6 is 0 Å². The number of hydrogen-bond acceptors (Lipinski definition) is 8. The number of hydroxylamine groups is 3. The normalized spacial score (nSPS) is 39.0. The Hall–Kier alpha value is -2.23. The highest BCUT2D eigenvalue weighted by Crippen LogP contribution is 2.42. The van der Waals surface area contributed by atoms with Crippen LogP contribution in [-0.2, 0) is 28.6 Å². The molecule has 0 aromatic carbocycles. The van der Waals surface area contributed by atoms with Crippen molar-refractivity contribution in [2.45, 2.75) is 58.5 Å². The van der Waals surface area contributed by atoms with Crippen LogP contribution in [-0.4, -0.2) is 58.7 Å². The molecule has 0 saturated carbocycles. The smallest absolute Gasteiger partial charge is 0.320 e. The van der Waals surface area contributed by atoms with E-state index >= 15 is 0 Å². The van der Waals surface area contributed by atoms with E-state index in [4.69, 9.17) is 14.2 Å². The number of rotatable bonds is 5. The van der Waals surface area contributed by atoms with Gasteiger partial charge in [-0.25, -0.2) is 0 Å². The predicted octanol–water partition coefficient (Wildman–Crippen LogP) is 1.30. The van der Waals surface area contributed by atoms with Gasteiger partial charge >= 0.3 is 17.9 Å². The van der Waals surface area contributed by atoms with Crippen LogP contribution in [0.2, 0.25) is 0 Å². The molecule has 3 rings (SSSR count). The molecule has 0 aliphatic carbocycles. The number of fused-ring (bicyclic) bond motifs is 1. The number of carbonyl (C=O) groups excluding carboxylic acids is 3. The maximum absolute atomic E-state index is 13.1. The number of quaternary nitrogens is 1. The Kier molecular flexibility index (Phi) is 5.59. The van der Waals surface area contributed by atoms with Crippen molar-refractivity contribution in [1.29, 1.82) is 0 Å². The van der Waals surface area contributed by atoms with Crippen LogP contribution in [0.15, 0.2) is 23.5 Å². The van der Waals surface area contributed by atoms with Crippen LogP contribution < -0.4 is 0 Å². The molecule has 0 spiro atoms. The largest absolute Gasteiger partial charge is 0.632 e. The number of cyclic esters (lactones) is 1. The topological polar surface area (TPSA) is 122 Å². The highest BCUT2D eigenvalue weighted by Gasteiger charge is 2.56. The average molecular weight is 409 g/mol. The summed E-state index contributed by atoms with van der Waals surface area (Å²) >= 11 is 0. The molecule has 3 aliphatic rings. The third kappa shape index (κ3) is 3.70. The molecule has 9 heteroatoms. The Labute approximate surface area is 169 Å². The average Bonchev–Trinajstić information content (AvgIpc) is 3.21. The maximum atomic E-state index is 13.1. The minimum Gasteiger partial charge on any atom is -0.632 e. The summed E-state index contributed by atoms with van der Waals surface area (Å²) in [7, 11) is 0. The summed E-state index contributed by atoms with van der Waals surface area (Å²) in [6.45, 7) is 6.68. The van der Waals surface area contributed by atoms with Crippen LogP contribution in [0.4, 0.5) is 0 Å². The van der Waals surface area contributed by atoms with E-state index in [1.165, 1.54) is 13.8 Å². The summed E-state index contributed by atoms with van der Waals surface area (Å²) in [5.74, 6) is -5.21. The Morgan fingerprint density at radius 3 is 2.72 bits per heavy atom. The number of allylic oxidation sites excluding steroid dienone is 2. The fourth-order valence-electron chi connectivity index (χ4n) is 4.30. The summed E-state index contributed by atoms with van der Waals surface area (Å²) in [6, 6.07) is -0.717. The molecule has 3 aliphatic heterocycles. The molecule has 160 valence electrons. The van der Waals surface area contributed by atoms with Crippen LogP contribution in [0.3, 0.4) is 0 Å². The fourth-order valence-corrected chi connectivity index (χ4v) is 4.30. The monoisotopic (exact) mass is 409 g/mol. The van der Waals surface area contributed by atoms with Crippen LogP contribution in [0.1, 0.15) is 40.5 Å². The first kappa shape index (κ1) is 21.5. The number of hydrogen-bond donors (Lipinski definition) is 1. The zero-order chi connectivity index (χ0) is 21.6. The summed E-state index contributed by atoms with van der Waals surface area (Å²) in [6.07, 6.45) is 2.43. The molecule has 29 heavy (non-hydrogen) atoms. The number of esters is 3. The van der Waals surface area contributed by atoms with Gasteiger partial charge in [-0.2, -0.15) is 0 Å². The van der Waals surface area contributed by atoms with E-state index in [9.17, 15) is 24.7 Å². The molecule has 2 saturated heterocycles. The van der Waals surface area contributed by atoms with Gasteiger partial charge < -0.3 is 29.2 Å². The lowest BCUT2D eigenvalue weighted by Crippen LogP contribution is -2.48. The van der Waals surface area contributed by atoms with E-state index in [2.05, 4.69) is 0 Å². The molecule has 0 amide bonds. The second-order valence-electron chi connectivity index (χ2n) is 8.00. The Morgan fingerprint density at radius 2 is 2.14 bits per heavy atom. The Balaban J connectivity index is 1.71. The van der Waals surface area contributed by atoms with Crippen molar-refractivity contribution >= 4 is 17.9 Å². The van der Waals surface area contributed by atoms with Crippen molar-refractivity contribution < 1.29 is 38.3 Å². The van der Waals surface area contributed by atoms with Gasteiger partial charge in [0.15, 0.2) is 6.10 Å². The van der Waals surface area contributed by atoms with Crippen molar-refractivity contribution in [3.05, 3.63) is 28.7 Å². The fraction of sp³-hybridized carbons (Fsp3) is 0.650. The molecule has 0 bridgehead atoms. The van der Waals surface area contributed by atoms with Gasteiger partial charge in [-0.1, -0.05) is 0 Å². The third-order valence-electron chi connectivity index (χ3n) is 6.20. The van der Waals surface area contributed by atoms with Crippen molar-refractivity contribution in [2.75, 3.05) is 13.1 Å². The summed E-state index contributed by atoms with van der Waals surface area (Å²) < 4.78 is 14.8. The Morgan fingerprint density at radius 1 is 1.45 bits per heavy atom. The van der Waals surface area contributed by atoms with Gasteiger partial charge in [0.1, 0.15) is 23.6 Å². The van der Waals surface area contributed by atoms with Crippen LogP contribution in [0.25, 0.3) is 0 Å². The summed E-state index contributed by atoms with van der Waals surface area (Å²) in [5.41, 5.74) is 0.497. The number of ether oxygens (including phenoxy) is 3. The first-order chi connectivity index (χ1) is 13.5. The number of nitrogens with zero attached hydrogens (tertiary/aromatic N) is 1. The second-order valence-corrected chi connectivity index (χ2v) is 8.00. The minimum absolute atomic E-state index is 0.165. The van der Waals surface area contributed by atoms with Gasteiger partial charge in [0.05, 0.1) is 19.5 Å². The molecule has 3 heterocycles. The third-order valence-corrected chi connectivity index (χ3v) is 6.20. The Bertz CT molecular complexity index is 789. The molecule has 0 aromatic rings. The summed E-state index contributed by atoms with van der Waals surface area (Å²) in [4.78, 5) is 36.7. The van der Waals surface area contributed by atoms with Gasteiger partial charge in [-0.05, 0) is 39.8 Å². The maximum Gasteiger partial charge on any atom is 0.320 e. The zero-order valence-corrected chi connectivity index (χ0v) is 17.0. The highest BCUT2D eigenvalue weighted by atomic mass is 16.7. The SMILES string of the molecule is C/C=C(/C)OC(=O)[C@@H]1CC[N@@+]2([O-])CC=C(CC(=O)O[C@]3(O)[C@H](C)C(=O)O[C@@H]3C)[C@H]12. The molecule has 9 nitrogen and oxygen atoms in total. The van der Waals surface area contributed by atoms with Gasteiger partial charge in [-0.3, -0.25) is 14.4 Å². The molecule has 1 N–H and O–H groups in total. The zero-order valence-electron chi connectivity index (χ0n) is 17.0. The minimum atomic E-state index is -2.06. The molecule has 0 unspecified atom stereocenters. The first-order valence-corrected chi connectivity index (χ1v) is 9.78. The molecule has 0 aromatic heterocycles. The first-order valence-electron chi connectivity index (χ1n) is 9.78. The van der Waals surface area contributed by atoms with Gasteiger partial charge in [0.25, 0.3) is 5.79 Å². The van der Waals surface area contributed by atoms with Crippen molar-refractivity contribution in [2.24, 2.45) is 11.8 Å². The van der Waals surface area contributed by atoms with E-state index in [1.807, 2.05) is 0 Å². The lowest BCUT2D eigenvalue weighted by molar-refractivity contribution is -0.877. The van der Waals surface area contributed by atoms with Crippen molar-refractivity contribution in [3.8, 4) is 0 Å². The molecule has 6 atom stereocenters. The van der Waals surface area contributed by atoms with E-state index in [-0.39, 0.29) is 19.5 Å². The van der Waals surface area contributed by atoms with E-state index < -0.39 is 52.3 Å². The van der Waals surface area contributed by atoms with Gasteiger partial charge in [-0.15, -0.1) is 0 Å². The lowest BCUT2D eigenvalue weighted by atomic mass is 9.93. The van der Waals surface area contributed by atoms with Gasteiger partial charge in [0.2, 0.25) is 0 Å². The summed E-state index contributed by atoms with van der Waals surface area (Å²) in [5, 5.41) is 23.7. The van der Waals surface area contributed by atoms with Crippen LogP contribution in [0, 0.1) is 17.0 Å². The molecular formula is C20H27NO8. The predicted molar refractivity (Wildman–Crippen MR) is 99.2 cm³/mol. The van der Waals surface area contributed by atoms with E-state index in [1.54, 1.807) is 26.0 Å². The second kappa shape index (κ2) is 7.55. The molecule has 0 radical (unpaired) electrons. The van der Waals surface area contributed by atoms with Crippen molar-refractivity contribution in [3.63, 3.8) is 0 Å². The van der Waals surface area contributed by atoms with Crippen molar-refractivity contribution in [1.82, 2.24) is 0 Å². The number of carbonyl (C=O) groups is 3. The molecule has 2 fully saturated rings. The molecular weight excluding hydrogens is 382 g/mol. The van der Waals surface area contributed by atoms with Crippen LogP contribution in [0.5, 0.6) is 0 Å². The number of aliphatic hydroxyl groups is 1. The van der Waals surface area contributed by atoms with Gasteiger partial charge in [0, 0.05) is 12.0 Å². The highest BCUT2D eigenvalue weighted by molar-refractivity contribution is 5.79.